The van der Waals surface area contributed by atoms with Crippen molar-refractivity contribution in [2.24, 2.45) is 0 Å². The van der Waals surface area contributed by atoms with E-state index < -0.39 is 0 Å². The number of aromatic nitrogens is 5. The molecule has 3 heterocycles. The lowest BCUT2D eigenvalue weighted by Crippen LogP contribution is -2.42. The van der Waals surface area contributed by atoms with E-state index >= 15 is 0 Å². The molecule has 1 N–H and O–H groups in total. The number of amides is 1. The van der Waals surface area contributed by atoms with E-state index in [9.17, 15) is 4.79 Å². The number of carbonyl (C=O) groups excluding carboxylic acids is 1. The first-order valence-electron chi connectivity index (χ1n) is 6.87. The maximum Gasteiger partial charge on any atom is 0.275 e. The molecule has 112 valence electrons. The van der Waals surface area contributed by atoms with Crippen LogP contribution in [0.4, 0.5) is 0 Å². The normalized spacial score (nSPS) is 18.9. The first-order chi connectivity index (χ1) is 10.3. The zero-order valence-corrected chi connectivity index (χ0v) is 12.5. The summed E-state index contributed by atoms with van der Waals surface area (Å²) in [6.45, 7) is 3.52. The summed E-state index contributed by atoms with van der Waals surface area (Å²) in [5.41, 5.74) is 0.377. The molecule has 1 aliphatic rings. The van der Waals surface area contributed by atoms with Gasteiger partial charge in [0.05, 0.1) is 13.2 Å². The molecule has 1 amide bonds. The molecule has 0 radical (unpaired) electrons. The number of carbonyl (C=O) groups is 1. The third-order valence-electron chi connectivity index (χ3n) is 3.26. The summed E-state index contributed by atoms with van der Waals surface area (Å²) in [4.78, 5) is 18.4. The van der Waals surface area contributed by atoms with Gasteiger partial charge in [0.15, 0.2) is 11.5 Å². The minimum absolute atomic E-state index is 0.124. The number of morpholine rings is 1. The Morgan fingerprint density at radius 3 is 3.29 bits per heavy atom. The van der Waals surface area contributed by atoms with Gasteiger partial charge >= 0.3 is 0 Å². The standard InChI is InChI=1S/C12H16N6O2S/c1-2-3-10-13-11(16-15-10)9-6-18(4-5-20-9)12(19)8-7-21-17-14-8/h7,9H,2-6H2,1H3,(H,13,15,16)/t9-/m0/s1. The van der Waals surface area contributed by atoms with Crippen LogP contribution < -0.4 is 0 Å². The fraction of sp³-hybridized carbons (Fsp3) is 0.583. The first-order valence-corrected chi connectivity index (χ1v) is 7.70. The van der Waals surface area contributed by atoms with Crippen LogP contribution in [-0.2, 0) is 11.2 Å². The van der Waals surface area contributed by atoms with Gasteiger partial charge in [-0.2, -0.15) is 5.10 Å². The number of ether oxygens (including phenoxy) is 1. The maximum atomic E-state index is 12.3. The van der Waals surface area contributed by atoms with Crippen molar-refractivity contribution in [2.45, 2.75) is 25.9 Å². The van der Waals surface area contributed by atoms with Crippen LogP contribution in [0.25, 0.3) is 0 Å². The van der Waals surface area contributed by atoms with Crippen LogP contribution in [0.2, 0.25) is 0 Å². The number of nitrogens with one attached hydrogen (secondary N) is 1. The molecule has 0 aromatic carbocycles. The molecule has 0 bridgehead atoms. The van der Waals surface area contributed by atoms with E-state index in [0.717, 1.165) is 18.7 Å². The number of H-pyrrole nitrogens is 1. The molecule has 9 heteroatoms. The second kappa shape index (κ2) is 6.27. The average Bonchev–Trinajstić information content (AvgIpc) is 3.18. The van der Waals surface area contributed by atoms with Gasteiger partial charge in [-0.1, -0.05) is 11.4 Å². The van der Waals surface area contributed by atoms with Crippen molar-refractivity contribution >= 4 is 17.4 Å². The summed E-state index contributed by atoms with van der Waals surface area (Å²) >= 11 is 1.17. The lowest BCUT2D eigenvalue weighted by atomic mass is 10.2. The molecule has 0 spiro atoms. The molecular formula is C12H16N6O2S. The molecular weight excluding hydrogens is 292 g/mol. The van der Waals surface area contributed by atoms with Crippen LogP contribution in [0.5, 0.6) is 0 Å². The van der Waals surface area contributed by atoms with Crippen LogP contribution in [0.15, 0.2) is 5.38 Å². The SMILES string of the molecule is CCCc1nc([C@@H]2CN(C(=O)c3csnn3)CCO2)n[nH]1. The zero-order chi connectivity index (χ0) is 14.7. The van der Waals surface area contributed by atoms with Gasteiger partial charge in [0.1, 0.15) is 11.9 Å². The number of aromatic amines is 1. The van der Waals surface area contributed by atoms with Crippen molar-refractivity contribution in [2.75, 3.05) is 19.7 Å². The second-order valence-corrected chi connectivity index (χ2v) is 5.40. The quantitative estimate of drug-likeness (QED) is 0.898. The predicted molar refractivity (Wildman–Crippen MR) is 74.9 cm³/mol. The second-order valence-electron chi connectivity index (χ2n) is 4.79. The summed E-state index contributed by atoms with van der Waals surface area (Å²) in [5, 5.41) is 12.6. The fourth-order valence-electron chi connectivity index (χ4n) is 2.21. The highest BCUT2D eigenvalue weighted by molar-refractivity contribution is 7.03. The summed E-state index contributed by atoms with van der Waals surface area (Å²) in [6, 6.07) is 0. The Labute approximate surface area is 125 Å². The summed E-state index contributed by atoms with van der Waals surface area (Å²) in [7, 11) is 0. The molecule has 1 saturated heterocycles. The van der Waals surface area contributed by atoms with Gasteiger partial charge in [-0.05, 0) is 18.0 Å². The first kappa shape index (κ1) is 14.1. The molecule has 0 unspecified atom stereocenters. The van der Waals surface area contributed by atoms with Gasteiger partial charge < -0.3 is 9.64 Å². The van der Waals surface area contributed by atoms with Gasteiger partial charge in [-0.25, -0.2) is 4.98 Å². The Hall–Kier alpha value is -1.87. The minimum atomic E-state index is -0.295. The third kappa shape index (κ3) is 3.08. The Kier molecular flexibility index (Phi) is 4.20. The van der Waals surface area contributed by atoms with Gasteiger partial charge in [-0.3, -0.25) is 9.89 Å². The van der Waals surface area contributed by atoms with Crippen molar-refractivity contribution in [1.82, 2.24) is 29.7 Å². The van der Waals surface area contributed by atoms with E-state index in [1.165, 1.54) is 11.5 Å². The van der Waals surface area contributed by atoms with Crippen LogP contribution >= 0.6 is 11.5 Å². The Balaban J connectivity index is 1.69. The topological polar surface area (TPSA) is 96.9 Å². The largest absolute Gasteiger partial charge is 0.366 e. The molecule has 0 aliphatic carbocycles. The Bertz CT molecular complexity index is 599. The van der Waals surface area contributed by atoms with Crippen LogP contribution in [0.1, 0.15) is 41.6 Å². The van der Waals surface area contributed by atoms with Crippen LogP contribution in [-0.4, -0.2) is 55.3 Å². The lowest BCUT2D eigenvalue weighted by molar-refractivity contribution is -0.0268. The van der Waals surface area contributed by atoms with Gasteiger partial charge in [-0.15, -0.1) is 5.10 Å². The van der Waals surface area contributed by atoms with E-state index in [4.69, 9.17) is 4.74 Å². The van der Waals surface area contributed by atoms with Crippen LogP contribution in [0, 0.1) is 0 Å². The summed E-state index contributed by atoms with van der Waals surface area (Å²) in [6.07, 6.45) is 1.56. The van der Waals surface area contributed by atoms with Gasteiger partial charge in [0.2, 0.25) is 0 Å². The predicted octanol–water partition coefficient (Wildman–Crippen LogP) is 0.822. The lowest BCUT2D eigenvalue weighted by Gasteiger charge is -2.31. The Morgan fingerprint density at radius 2 is 2.52 bits per heavy atom. The van der Waals surface area contributed by atoms with Crippen LogP contribution in [0.3, 0.4) is 0 Å². The smallest absolute Gasteiger partial charge is 0.275 e. The molecule has 0 saturated carbocycles. The van der Waals surface area contributed by atoms with E-state index in [1.807, 2.05) is 0 Å². The summed E-state index contributed by atoms with van der Waals surface area (Å²) in [5.74, 6) is 1.33. The molecule has 2 aromatic rings. The highest BCUT2D eigenvalue weighted by Gasteiger charge is 2.29. The minimum Gasteiger partial charge on any atom is -0.366 e. The van der Waals surface area contributed by atoms with Gasteiger partial charge in [0, 0.05) is 18.3 Å². The summed E-state index contributed by atoms with van der Waals surface area (Å²) < 4.78 is 9.40. The van der Waals surface area contributed by atoms with Crippen molar-refractivity contribution in [3.63, 3.8) is 0 Å². The third-order valence-corrected chi connectivity index (χ3v) is 3.76. The van der Waals surface area contributed by atoms with E-state index in [0.29, 0.717) is 31.2 Å². The average molecular weight is 308 g/mol. The number of hydrogen-bond acceptors (Lipinski definition) is 7. The maximum absolute atomic E-state index is 12.3. The molecule has 1 fully saturated rings. The highest BCUT2D eigenvalue weighted by atomic mass is 32.1. The molecule has 1 atom stereocenters. The highest BCUT2D eigenvalue weighted by Crippen LogP contribution is 2.20. The molecule has 21 heavy (non-hydrogen) atoms. The number of aryl methyl sites for hydroxylation is 1. The van der Waals surface area contributed by atoms with Crippen molar-refractivity contribution in [3.05, 3.63) is 22.7 Å². The monoisotopic (exact) mass is 308 g/mol. The molecule has 2 aromatic heterocycles. The number of rotatable bonds is 4. The van der Waals surface area contributed by atoms with E-state index in [1.54, 1.807) is 10.3 Å². The molecule has 1 aliphatic heterocycles. The van der Waals surface area contributed by atoms with Crippen molar-refractivity contribution in [1.29, 1.82) is 0 Å². The number of nitrogens with zero attached hydrogens (tertiary/aromatic N) is 5. The van der Waals surface area contributed by atoms with E-state index in [-0.39, 0.29) is 12.0 Å². The van der Waals surface area contributed by atoms with E-state index in [2.05, 4.69) is 31.7 Å². The zero-order valence-electron chi connectivity index (χ0n) is 11.7. The Morgan fingerprint density at radius 1 is 1.62 bits per heavy atom. The molecule has 3 rings (SSSR count). The fourth-order valence-corrected chi connectivity index (χ4v) is 2.64. The van der Waals surface area contributed by atoms with Crippen molar-refractivity contribution in [3.8, 4) is 0 Å². The van der Waals surface area contributed by atoms with Gasteiger partial charge in [0.25, 0.3) is 5.91 Å². The number of hydrogen-bond donors (Lipinski definition) is 1. The van der Waals surface area contributed by atoms with Crippen molar-refractivity contribution < 1.29 is 9.53 Å². The molecule has 8 nitrogen and oxygen atoms in total.